The molecule has 0 aliphatic heterocycles. The second kappa shape index (κ2) is 3.65. The molecule has 0 atom stereocenters. The highest BCUT2D eigenvalue weighted by atomic mass is 32.1. The number of hydrogen-bond donors (Lipinski definition) is 2. The molecule has 8 heteroatoms. The number of hydrogen-bond acceptors (Lipinski definition) is 5. The maximum absolute atomic E-state index is 11.3. The molecule has 15 heavy (non-hydrogen) atoms. The predicted molar refractivity (Wildman–Crippen MR) is 52.1 cm³/mol. The van der Waals surface area contributed by atoms with E-state index in [-0.39, 0.29) is 17.3 Å². The Labute approximate surface area is 87.4 Å². The van der Waals surface area contributed by atoms with E-state index < -0.39 is 11.2 Å². The van der Waals surface area contributed by atoms with Crippen molar-refractivity contribution < 1.29 is 4.42 Å². The fourth-order valence-electron chi connectivity index (χ4n) is 1.04. The second-order valence-corrected chi connectivity index (χ2v) is 3.12. The zero-order valence-corrected chi connectivity index (χ0v) is 8.21. The number of aromatic nitrogens is 4. The Bertz CT molecular complexity index is 634. The van der Waals surface area contributed by atoms with E-state index in [2.05, 4.69) is 27.4 Å². The molecular weight excluding hydrogens is 220 g/mol. The Kier molecular flexibility index (Phi) is 2.34. The molecule has 0 aliphatic rings. The summed E-state index contributed by atoms with van der Waals surface area (Å²) in [6.45, 7) is 0.114. The van der Waals surface area contributed by atoms with E-state index in [1.807, 2.05) is 0 Å². The third-order valence-corrected chi connectivity index (χ3v) is 1.86. The van der Waals surface area contributed by atoms with E-state index in [9.17, 15) is 9.59 Å². The summed E-state index contributed by atoms with van der Waals surface area (Å²) in [6.07, 6.45) is 1.36. The van der Waals surface area contributed by atoms with E-state index in [1.165, 1.54) is 16.8 Å². The smallest absolute Gasteiger partial charge is 0.328 e. The maximum Gasteiger partial charge on any atom is 0.328 e. The number of nitrogens with one attached hydrogen (secondary N) is 2. The molecule has 7 nitrogen and oxygen atoms in total. The summed E-state index contributed by atoms with van der Waals surface area (Å²) in [6, 6.07) is 1.24. The molecule has 0 spiro atoms. The lowest BCUT2D eigenvalue weighted by atomic mass is 10.5. The molecule has 0 aromatic carbocycles. The Hall–Kier alpha value is -1.96. The number of aromatic amines is 2. The van der Waals surface area contributed by atoms with Gasteiger partial charge in [-0.3, -0.25) is 14.3 Å². The van der Waals surface area contributed by atoms with Crippen molar-refractivity contribution in [2.24, 2.45) is 0 Å². The first-order chi connectivity index (χ1) is 7.15. The van der Waals surface area contributed by atoms with Gasteiger partial charge >= 0.3 is 5.69 Å². The molecule has 2 aromatic heterocycles. The Balaban J connectivity index is 2.36. The molecule has 0 unspecified atom stereocenters. The average Bonchev–Trinajstić information content (AvgIpc) is 2.56. The standard InChI is InChI=1S/C7H6N4O3S/c12-4-1-2-11(6(13)8-4)3-5-9-10-7(15)14-5/h1-2H,3H2,(H,10,15)(H,8,12,13). The first kappa shape index (κ1) is 9.59. The minimum absolute atomic E-state index is 0.114. The molecule has 0 saturated heterocycles. The van der Waals surface area contributed by atoms with Gasteiger partial charge in [-0.05, 0) is 12.2 Å². The minimum Gasteiger partial charge on any atom is -0.412 e. The quantitative estimate of drug-likeness (QED) is 0.681. The van der Waals surface area contributed by atoms with Gasteiger partial charge in [0.2, 0.25) is 5.89 Å². The van der Waals surface area contributed by atoms with E-state index in [1.54, 1.807) is 0 Å². The Morgan fingerprint density at radius 2 is 2.33 bits per heavy atom. The summed E-state index contributed by atoms with van der Waals surface area (Å²) in [4.78, 5) is 24.3. The molecule has 0 amide bonds. The van der Waals surface area contributed by atoms with Gasteiger partial charge in [0.15, 0.2) is 0 Å². The normalized spacial score (nSPS) is 10.4. The molecule has 78 valence electrons. The molecule has 2 heterocycles. The van der Waals surface area contributed by atoms with Crippen molar-refractivity contribution in [2.45, 2.75) is 6.54 Å². The molecular formula is C7H6N4O3S. The summed E-state index contributed by atoms with van der Waals surface area (Å²) in [5.41, 5.74) is -0.967. The van der Waals surface area contributed by atoms with Crippen LogP contribution in [0, 0.1) is 4.84 Å². The van der Waals surface area contributed by atoms with Crippen LogP contribution in [0.2, 0.25) is 0 Å². The maximum atomic E-state index is 11.3. The summed E-state index contributed by atoms with van der Waals surface area (Å²) < 4.78 is 6.21. The van der Waals surface area contributed by atoms with E-state index in [4.69, 9.17) is 4.42 Å². The molecule has 2 N–H and O–H groups in total. The van der Waals surface area contributed by atoms with Crippen LogP contribution >= 0.6 is 12.2 Å². The fourth-order valence-corrected chi connectivity index (χ4v) is 1.18. The minimum atomic E-state index is -0.522. The van der Waals surface area contributed by atoms with Crippen molar-refractivity contribution in [3.63, 3.8) is 0 Å². The zero-order chi connectivity index (χ0) is 10.8. The van der Waals surface area contributed by atoms with Gasteiger partial charge in [-0.2, -0.15) is 0 Å². The molecule has 0 aliphatic carbocycles. The van der Waals surface area contributed by atoms with Crippen molar-refractivity contribution in [1.29, 1.82) is 0 Å². The summed E-state index contributed by atoms with van der Waals surface area (Å²) in [5.74, 6) is 0.272. The summed E-state index contributed by atoms with van der Waals surface area (Å²) in [7, 11) is 0. The third kappa shape index (κ3) is 2.10. The number of rotatable bonds is 2. The molecule has 0 bridgehead atoms. The average molecular weight is 226 g/mol. The van der Waals surface area contributed by atoms with E-state index in [0.717, 1.165) is 0 Å². The fraction of sp³-hybridized carbons (Fsp3) is 0.143. The summed E-state index contributed by atoms with van der Waals surface area (Å²) in [5, 5.41) is 6.16. The first-order valence-electron chi connectivity index (χ1n) is 3.99. The van der Waals surface area contributed by atoms with Crippen LogP contribution in [0.15, 0.2) is 26.3 Å². The van der Waals surface area contributed by atoms with Gasteiger partial charge in [0.05, 0.1) is 0 Å². The van der Waals surface area contributed by atoms with Gasteiger partial charge in [-0.15, -0.1) is 5.10 Å². The van der Waals surface area contributed by atoms with Crippen LogP contribution in [-0.2, 0) is 6.54 Å². The van der Waals surface area contributed by atoms with Gasteiger partial charge < -0.3 is 4.42 Å². The number of H-pyrrole nitrogens is 2. The van der Waals surface area contributed by atoms with Crippen LogP contribution in [0.25, 0.3) is 0 Å². The van der Waals surface area contributed by atoms with Gasteiger partial charge in [0, 0.05) is 12.3 Å². The van der Waals surface area contributed by atoms with Gasteiger partial charge in [0.1, 0.15) is 6.54 Å². The van der Waals surface area contributed by atoms with Crippen molar-refractivity contribution in [3.8, 4) is 0 Å². The lowest BCUT2D eigenvalue weighted by Crippen LogP contribution is -2.28. The molecule has 0 fully saturated rings. The Morgan fingerprint density at radius 3 is 2.93 bits per heavy atom. The van der Waals surface area contributed by atoms with Crippen LogP contribution in [-0.4, -0.2) is 19.7 Å². The lowest BCUT2D eigenvalue weighted by Gasteiger charge is -1.98. The third-order valence-electron chi connectivity index (χ3n) is 1.68. The van der Waals surface area contributed by atoms with Crippen molar-refractivity contribution >= 4 is 12.2 Å². The topological polar surface area (TPSA) is 96.7 Å². The molecule has 0 radical (unpaired) electrons. The van der Waals surface area contributed by atoms with Gasteiger partial charge in [0.25, 0.3) is 10.4 Å². The van der Waals surface area contributed by atoms with Crippen LogP contribution in [0.3, 0.4) is 0 Å². The molecule has 0 saturated carbocycles. The van der Waals surface area contributed by atoms with Crippen molar-refractivity contribution in [3.05, 3.63) is 43.8 Å². The summed E-state index contributed by atoms with van der Waals surface area (Å²) >= 11 is 4.67. The largest absolute Gasteiger partial charge is 0.412 e. The van der Waals surface area contributed by atoms with Crippen molar-refractivity contribution in [2.75, 3.05) is 0 Å². The van der Waals surface area contributed by atoms with Crippen LogP contribution in [0.4, 0.5) is 0 Å². The highest BCUT2D eigenvalue weighted by molar-refractivity contribution is 7.71. The van der Waals surface area contributed by atoms with Crippen LogP contribution in [0.1, 0.15) is 5.89 Å². The lowest BCUT2D eigenvalue weighted by molar-refractivity contribution is 0.460. The zero-order valence-electron chi connectivity index (χ0n) is 7.39. The Morgan fingerprint density at radius 1 is 1.53 bits per heavy atom. The molecule has 2 aromatic rings. The van der Waals surface area contributed by atoms with E-state index >= 15 is 0 Å². The van der Waals surface area contributed by atoms with Crippen LogP contribution in [0.5, 0.6) is 0 Å². The van der Waals surface area contributed by atoms with E-state index in [0.29, 0.717) is 0 Å². The molecule has 2 rings (SSSR count). The highest BCUT2D eigenvalue weighted by Crippen LogP contribution is 1.95. The first-order valence-corrected chi connectivity index (χ1v) is 4.40. The second-order valence-electron chi connectivity index (χ2n) is 2.74. The van der Waals surface area contributed by atoms with Gasteiger partial charge in [-0.1, -0.05) is 0 Å². The predicted octanol–water partition coefficient (Wildman–Crippen LogP) is -0.370. The highest BCUT2D eigenvalue weighted by Gasteiger charge is 2.02. The van der Waals surface area contributed by atoms with Gasteiger partial charge in [-0.25, -0.2) is 9.89 Å². The van der Waals surface area contributed by atoms with Crippen molar-refractivity contribution in [1.82, 2.24) is 19.7 Å². The monoisotopic (exact) mass is 226 g/mol. The SMILES string of the molecule is O=c1ccn(Cc2n[nH]c(=S)o2)c(=O)[nH]1. The van der Waals surface area contributed by atoms with Crippen LogP contribution < -0.4 is 11.2 Å². The number of nitrogens with zero attached hydrogens (tertiary/aromatic N) is 2.